The minimum Gasteiger partial charge on any atom is -0.372 e. The van der Waals surface area contributed by atoms with Crippen LogP contribution in [0.4, 0.5) is 0 Å². The molecule has 0 amide bonds. The van der Waals surface area contributed by atoms with Gasteiger partial charge in [-0.05, 0) is 40.0 Å². The summed E-state index contributed by atoms with van der Waals surface area (Å²) in [6.45, 7) is 3.01. The Morgan fingerprint density at radius 2 is 2.54 bits per heavy atom. The standard InChI is InChI=1S/C9H12BrNOS/c1-11(4-8-5-12-8)3-7-2-9(10)13-6-7/h2,6,8H,3-5H2,1H3. The van der Waals surface area contributed by atoms with Crippen LogP contribution in [0.5, 0.6) is 0 Å². The second-order valence-corrected chi connectivity index (χ2v) is 5.70. The van der Waals surface area contributed by atoms with Gasteiger partial charge in [-0.3, -0.25) is 4.90 Å². The molecule has 1 saturated heterocycles. The van der Waals surface area contributed by atoms with Gasteiger partial charge in [0.15, 0.2) is 0 Å². The van der Waals surface area contributed by atoms with Gasteiger partial charge in [-0.15, -0.1) is 11.3 Å². The van der Waals surface area contributed by atoms with E-state index in [0.29, 0.717) is 6.10 Å². The van der Waals surface area contributed by atoms with E-state index in [2.05, 4.69) is 39.3 Å². The quantitative estimate of drug-likeness (QED) is 0.774. The van der Waals surface area contributed by atoms with Crippen molar-refractivity contribution in [3.05, 3.63) is 20.8 Å². The molecule has 4 heteroatoms. The van der Waals surface area contributed by atoms with E-state index in [1.54, 1.807) is 11.3 Å². The highest BCUT2D eigenvalue weighted by Gasteiger charge is 2.23. The summed E-state index contributed by atoms with van der Waals surface area (Å²) >= 11 is 5.20. The van der Waals surface area contributed by atoms with E-state index in [1.165, 1.54) is 9.35 Å². The molecule has 1 aromatic rings. The summed E-state index contributed by atoms with van der Waals surface area (Å²) in [4.78, 5) is 2.30. The molecule has 0 saturated carbocycles. The van der Waals surface area contributed by atoms with E-state index in [9.17, 15) is 0 Å². The summed E-state index contributed by atoms with van der Waals surface area (Å²) in [5.74, 6) is 0. The molecule has 0 aliphatic carbocycles. The van der Waals surface area contributed by atoms with Crippen LogP contribution in [0.2, 0.25) is 0 Å². The van der Waals surface area contributed by atoms with Gasteiger partial charge < -0.3 is 4.74 Å². The van der Waals surface area contributed by atoms with Crippen LogP contribution in [0, 0.1) is 0 Å². The molecule has 1 aliphatic rings. The summed E-state index contributed by atoms with van der Waals surface area (Å²) in [5, 5.41) is 2.19. The van der Waals surface area contributed by atoms with Crippen molar-refractivity contribution in [3.63, 3.8) is 0 Å². The Morgan fingerprint density at radius 3 is 3.08 bits per heavy atom. The number of nitrogens with zero attached hydrogens (tertiary/aromatic N) is 1. The van der Waals surface area contributed by atoms with Crippen LogP contribution >= 0.6 is 27.3 Å². The fraction of sp³-hybridized carbons (Fsp3) is 0.556. The lowest BCUT2D eigenvalue weighted by molar-refractivity contribution is 0.278. The van der Waals surface area contributed by atoms with Gasteiger partial charge in [0.05, 0.1) is 16.5 Å². The SMILES string of the molecule is CN(Cc1csc(Br)c1)CC1CO1. The number of likely N-dealkylation sites (N-methyl/N-ethyl adjacent to an activating group) is 1. The van der Waals surface area contributed by atoms with E-state index in [0.717, 1.165) is 19.7 Å². The number of hydrogen-bond donors (Lipinski definition) is 0. The van der Waals surface area contributed by atoms with Crippen LogP contribution < -0.4 is 0 Å². The van der Waals surface area contributed by atoms with Crippen LogP contribution in [-0.2, 0) is 11.3 Å². The molecule has 72 valence electrons. The third-order valence-electron chi connectivity index (χ3n) is 1.99. The Bertz CT molecular complexity index is 285. The molecule has 2 heterocycles. The molecule has 13 heavy (non-hydrogen) atoms. The van der Waals surface area contributed by atoms with Crippen LogP contribution in [0.15, 0.2) is 15.2 Å². The normalized spacial score (nSPS) is 21.0. The zero-order valence-corrected chi connectivity index (χ0v) is 9.90. The lowest BCUT2D eigenvalue weighted by Crippen LogP contribution is -2.22. The average molecular weight is 262 g/mol. The Morgan fingerprint density at radius 1 is 1.77 bits per heavy atom. The van der Waals surface area contributed by atoms with Gasteiger partial charge in [-0.25, -0.2) is 0 Å². The minimum absolute atomic E-state index is 0.493. The molecule has 2 nitrogen and oxygen atoms in total. The third-order valence-corrected chi connectivity index (χ3v) is 3.55. The Balaban J connectivity index is 1.82. The average Bonchev–Trinajstić information content (AvgIpc) is 2.76. The highest BCUT2D eigenvalue weighted by Crippen LogP contribution is 2.22. The van der Waals surface area contributed by atoms with Crippen molar-refractivity contribution in [2.45, 2.75) is 12.6 Å². The van der Waals surface area contributed by atoms with Crippen molar-refractivity contribution < 1.29 is 4.74 Å². The van der Waals surface area contributed by atoms with E-state index < -0.39 is 0 Å². The fourth-order valence-corrected chi connectivity index (χ4v) is 2.53. The molecule has 0 N–H and O–H groups in total. The maximum absolute atomic E-state index is 5.17. The molecule has 1 aliphatic heterocycles. The van der Waals surface area contributed by atoms with Gasteiger partial charge in [0.1, 0.15) is 0 Å². The molecule has 0 aromatic carbocycles. The van der Waals surface area contributed by atoms with Crippen molar-refractivity contribution in [1.29, 1.82) is 0 Å². The van der Waals surface area contributed by atoms with Crippen LogP contribution in [0.25, 0.3) is 0 Å². The second-order valence-electron chi connectivity index (χ2n) is 3.41. The molecule has 0 spiro atoms. The van der Waals surface area contributed by atoms with Crippen molar-refractivity contribution in [1.82, 2.24) is 4.90 Å². The number of hydrogen-bond acceptors (Lipinski definition) is 3. The summed E-state index contributed by atoms with van der Waals surface area (Å²) in [5.41, 5.74) is 1.38. The highest BCUT2D eigenvalue weighted by atomic mass is 79.9. The first kappa shape index (κ1) is 9.65. The molecule has 1 atom stereocenters. The third kappa shape index (κ3) is 3.06. The number of halogens is 1. The van der Waals surface area contributed by atoms with Gasteiger partial charge in [0.25, 0.3) is 0 Å². The largest absolute Gasteiger partial charge is 0.372 e. The smallest absolute Gasteiger partial charge is 0.0936 e. The van der Waals surface area contributed by atoms with E-state index in [1.807, 2.05) is 0 Å². The van der Waals surface area contributed by atoms with Gasteiger partial charge in [-0.2, -0.15) is 0 Å². The van der Waals surface area contributed by atoms with E-state index >= 15 is 0 Å². The summed E-state index contributed by atoms with van der Waals surface area (Å²) < 4.78 is 6.38. The van der Waals surface area contributed by atoms with Gasteiger partial charge >= 0.3 is 0 Å². The van der Waals surface area contributed by atoms with E-state index in [4.69, 9.17) is 4.74 Å². The topological polar surface area (TPSA) is 15.8 Å². The summed E-state index contributed by atoms with van der Waals surface area (Å²) in [6, 6.07) is 2.18. The fourth-order valence-electron chi connectivity index (χ4n) is 1.33. The lowest BCUT2D eigenvalue weighted by Gasteiger charge is -2.13. The Labute approximate surface area is 90.6 Å². The molecule has 1 unspecified atom stereocenters. The molecule has 0 radical (unpaired) electrons. The number of ether oxygens (including phenoxy) is 1. The summed E-state index contributed by atoms with van der Waals surface area (Å²) in [6.07, 6.45) is 0.493. The van der Waals surface area contributed by atoms with Crippen molar-refractivity contribution in [2.24, 2.45) is 0 Å². The molecule has 1 aromatic heterocycles. The maximum Gasteiger partial charge on any atom is 0.0936 e. The maximum atomic E-state index is 5.17. The zero-order valence-electron chi connectivity index (χ0n) is 7.50. The zero-order chi connectivity index (χ0) is 9.26. The lowest BCUT2D eigenvalue weighted by atomic mass is 10.3. The molecule has 2 rings (SSSR count). The first-order valence-electron chi connectivity index (χ1n) is 4.27. The predicted molar refractivity (Wildman–Crippen MR) is 58.1 cm³/mol. The Kier molecular flexibility index (Phi) is 3.03. The van der Waals surface area contributed by atoms with E-state index in [-0.39, 0.29) is 0 Å². The summed E-state index contributed by atoms with van der Waals surface area (Å²) in [7, 11) is 2.13. The molecule has 1 fully saturated rings. The number of epoxide rings is 1. The van der Waals surface area contributed by atoms with Gasteiger partial charge in [0.2, 0.25) is 0 Å². The van der Waals surface area contributed by atoms with Crippen LogP contribution in [0.1, 0.15) is 5.56 Å². The molecular formula is C9H12BrNOS. The van der Waals surface area contributed by atoms with Gasteiger partial charge in [0, 0.05) is 13.1 Å². The Hall–Kier alpha value is 0.1000. The van der Waals surface area contributed by atoms with Crippen molar-refractivity contribution >= 4 is 27.3 Å². The molecular weight excluding hydrogens is 250 g/mol. The van der Waals surface area contributed by atoms with Crippen molar-refractivity contribution in [2.75, 3.05) is 20.2 Å². The minimum atomic E-state index is 0.493. The first-order chi connectivity index (χ1) is 6.24. The highest BCUT2D eigenvalue weighted by molar-refractivity contribution is 9.11. The number of thiophene rings is 1. The van der Waals surface area contributed by atoms with Crippen LogP contribution in [-0.4, -0.2) is 31.2 Å². The monoisotopic (exact) mass is 261 g/mol. The van der Waals surface area contributed by atoms with Crippen LogP contribution in [0.3, 0.4) is 0 Å². The van der Waals surface area contributed by atoms with Crippen molar-refractivity contribution in [3.8, 4) is 0 Å². The second kappa shape index (κ2) is 4.09. The van der Waals surface area contributed by atoms with Gasteiger partial charge in [-0.1, -0.05) is 0 Å². The number of rotatable bonds is 4. The first-order valence-corrected chi connectivity index (χ1v) is 5.94. The predicted octanol–water partition coefficient (Wildman–Crippen LogP) is 2.34. The molecule has 0 bridgehead atoms.